The van der Waals surface area contributed by atoms with Crippen LogP contribution in [0.3, 0.4) is 0 Å². The third-order valence-electron chi connectivity index (χ3n) is 3.38. The van der Waals surface area contributed by atoms with Crippen LogP contribution >= 0.6 is 0 Å². The summed E-state index contributed by atoms with van der Waals surface area (Å²) in [6, 6.07) is 4.66. The van der Waals surface area contributed by atoms with Crippen LogP contribution in [-0.2, 0) is 4.74 Å². The van der Waals surface area contributed by atoms with Crippen molar-refractivity contribution >= 4 is 6.09 Å². The number of rotatable bonds is 4. The molecule has 6 heteroatoms. The van der Waals surface area contributed by atoms with E-state index in [4.69, 9.17) is 4.74 Å². The molecule has 1 aromatic carbocycles. The number of phenolic OH excluding ortho intramolecular Hbond substituents is 2. The highest BCUT2D eigenvalue weighted by atomic mass is 16.6. The Kier molecular flexibility index (Phi) is 4.51. The lowest BCUT2D eigenvalue weighted by atomic mass is 10.1. The molecule has 3 atom stereocenters. The molecule has 6 nitrogen and oxygen atoms in total. The molecule has 0 aromatic heterocycles. The highest BCUT2D eigenvalue weighted by molar-refractivity contribution is 5.68. The van der Waals surface area contributed by atoms with Gasteiger partial charge in [-0.2, -0.15) is 0 Å². The van der Waals surface area contributed by atoms with E-state index in [2.05, 4.69) is 10.6 Å². The molecule has 2 rings (SSSR count). The Bertz CT molecular complexity index is 533. The molecule has 0 aliphatic heterocycles. The highest BCUT2D eigenvalue weighted by Gasteiger charge is 2.40. The zero-order valence-corrected chi connectivity index (χ0v) is 13.4. The smallest absolute Gasteiger partial charge is 0.407 e. The summed E-state index contributed by atoms with van der Waals surface area (Å²) in [6.45, 7) is 7.42. The predicted molar refractivity (Wildman–Crippen MR) is 82.9 cm³/mol. The predicted octanol–water partition coefficient (Wildman–Crippen LogP) is 2.41. The molecule has 4 N–H and O–H groups in total. The number of hydrogen-bond donors (Lipinski definition) is 4. The van der Waals surface area contributed by atoms with Gasteiger partial charge in [-0.3, -0.25) is 0 Å². The molecule has 1 fully saturated rings. The Morgan fingerprint density at radius 3 is 2.36 bits per heavy atom. The molecule has 22 heavy (non-hydrogen) atoms. The fourth-order valence-electron chi connectivity index (χ4n) is 2.28. The molecule has 122 valence electrons. The van der Waals surface area contributed by atoms with E-state index in [1.807, 2.05) is 27.7 Å². The van der Waals surface area contributed by atoms with E-state index in [-0.39, 0.29) is 29.6 Å². The second-order valence-corrected chi connectivity index (χ2v) is 6.77. The van der Waals surface area contributed by atoms with Crippen molar-refractivity contribution in [2.75, 3.05) is 0 Å². The summed E-state index contributed by atoms with van der Waals surface area (Å²) in [4.78, 5) is 11.7. The van der Waals surface area contributed by atoms with E-state index in [1.165, 1.54) is 6.07 Å². The number of amides is 1. The summed E-state index contributed by atoms with van der Waals surface area (Å²) in [6.07, 6.45) is 0.415. The monoisotopic (exact) mass is 308 g/mol. The molecular weight excluding hydrogens is 284 g/mol. The number of benzene rings is 1. The normalized spacial score (nSPS) is 22.0. The summed E-state index contributed by atoms with van der Waals surface area (Å²) in [5, 5.41) is 25.2. The van der Waals surface area contributed by atoms with Gasteiger partial charge >= 0.3 is 6.09 Å². The van der Waals surface area contributed by atoms with Crippen LogP contribution in [-0.4, -0.2) is 34.0 Å². The van der Waals surface area contributed by atoms with Gasteiger partial charge in [-0.25, -0.2) is 4.79 Å². The molecule has 1 aliphatic carbocycles. The summed E-state index contributed by atoms with van der Waals surface area (Å²) in [5.74, 6) is 0.0609. The standard InChI is InChI=1S/C16H24N2O4/c1-9(10-5-11(19)7-12(20)6-10)17-13-8-14(13)18-15(21)22-16(2,3)4/h5-7,9,13-14,17,19-20H,8H2,1-4H3,(H,18,21). The van der Waals surface area contributed by atoms with Crippen molar-refractivity contribution in [3.63, 3.8) is 0 Å². The molecule has 0 bridgehead atoms. The molecule has 0 spiro atoms. The third kappa shape index (κ3) is 4.80. The van der Waals surface area contributed by atoms with Crippen molar-refractivity contribution in [3.8, 4) is 11.5 Å². The lowest BCUT2D eigenvalue weighted by molar-refractivity contribution is 0.0522. The van der Waals surface area contributed by atoms with E-state index in [9.17, 15) is 15.0 Å². The lowest BCUT2D eigenvalue weighted by Gasteiger charge is -2.20. The minimum absolute atomic E-state index is 0.0304. The summed E-state index contributed by atoms with van der Waals surface area (Å²) < 4.78 is 5.21. The van der Waals surface area contributed by atoms with Gasteiger partial charge in [-0.1, -0.05) is 0 Å². The van der Waals surface area contributed by atoms with E-state index in [1.54, 1.807) is 12.1 Å². The molecule has 1 saturated carbocycles. The number of ether oxygens (including phenoxy) is 1. The third-order valence-corrected chi connectivity index (χ3v) is 3.38. The van der Waals surface area contributed by atoms with Crippen LogP contribution in [0, 0.1) is 0 Å². The van der Waals surface area contributed by atoms with Gasteiger partial charge in [0.25, 0.3) is 0 Å². The van der Waals surface area contributed by atoms with Gasteiger partial charge in [0.1, 0.15) is 17.1 Å². The fourth-order valence-corrected chi connectivity index (χ4v) is 2.28. The van der Waals surface area contributed by atoms with Gasteiger partial charge in [0.2, 0.25) is 0 Å². The second kappa shape index (κ2) is 6.04. The zero-order valence-electron chi connectivity index (χ0n) is 13.4. The van der Waals surface area contributed by atoms with Crippen LogP contribution < -0.4 is 10.6 Å². The van der Waals surface area contributed by atoms with Crippen molar-refractivity contribution in [2.45, 2.75) is 57.8 Å². The molecule has 3 unspecified atom stereocenters. The van der Waals surface area contributed by atoms with Gasteiger partial charge in [-0.05, 0) is 51.8 Å². The molecular formula is C16H24N2O4. The average molecular weight is 308 g/mol. The molecule has 1 amide bonds. The Hall–Kier alpha value is -1.95. The quantitative estimate of drug-likeness (QED) is 0.686. The van der Waals surface area contributed by atoms with Crippen molar-refractivity contribution in [1.29, 1.82) is 0 Å². The summed E-state index contributed by atoms with van der Waals surface area (Å²) in [5.41, 5.74) is 0.286. The number of nitrogens with one attached hydrogen (secondary N) is 2. The number of phenols is 2. The van der Waals surface area contributed by atoms with Crippen molar-refractivity contribution < 1.29 is 19.7 Å². The first-order chi connectivity index (χ1) is 10.1. The van der Waals surface area contributed by atoms with E-state index >= 15 is 0 Å². The van der Waals surface area contributed by atoms with Crippen molar-refractivity contribution in [1.82, 2.24) is 10.6 Å². The first kappa shape index (κ1) is 16.4. The largest absolute Gasteiger partial charge is 0.508 e. The minimum Gasteiger partial charge on any atom is -0.508 e. The molecule has 1 aliphatic rings. The Morgan fingerprint density at radius 1 is 1.23 bits per heavy atom. The topological polar surface area (TPSA) is 90.8 Å². The van der Waals surface area contributed by atoms with Crippen LogP contribution in [0.1, 0.15) is 45.7 Å². The van der Waals surface area contributed by atoms with Crippen LogP contribution in [0.4, 0.5) is 4.79 Å². The van der Waals surface area contributed by atoms with Crippen LogP contribution in [0.15, 0.2) is 18.2 Å². The van der Waals surface area contributed by atoms with Crippen LogP contribution in [0.5, 0.6) is 11.5 Å². The number of aromatic hydroxyl groups is 2. The maximum atomic E-state index is 11.7. The van der Waals surface area contributed by atoms with Gasteiger partial charge in [0.05, 0.1) is 0 Å². The van der Waals surface area contributed by atoms with Crippen molar-refractivity contribution in [2.24, 2.45) is 0 Å². The summed E-state index contributed by atoms with van der Waals surface area (Å²) >= 11 is 0. The Balaban J connectivity index is 1.82. The van der Waals surface area contributed by atoms with E-state index < -0.39 is 11.7 Å². The van der Waals surface area contributed by atoms with E-state index in [0.717, 1.165) is 12.0 Å². The van der Waals surface area contributed by atoms with Crippen LogP contribution in [0.25, 0.3) is 0 Å². The van der Waals surface area contributed by atoms with E-state index in [0.29, 0.717) is 0 Å². The maximum absolute atomic E-state index is 11.7. The van der Waals surface area contributed by atoms with Gasteiger partial charge in [0, 0.05) is 24.2 Å². The Labute approximate surface area is 130 Å². The minimum atomic E-state index is -0.506. The molecule has 0 radical (unpaired) electrons. The fraction of sp³-hybridized carbons (Fsp3) is 0.562. The van der Waals surface area contributed by atoms with Gasteiger partial charge in [-0.15, -0.1) is 0 Å². The Morgan fingerprint density at radius 2 is 1.82 bits per heavy atom. The summed E-state index contributed by atoms with van der Waals surface area (Å²) in [7, 11) is 0. The SMILES string of the molecule is CC(NC1CC1NC(=O)OC(C)(C)C)c1cc(O)cc(O)c1. The maximum Gasteiger partial charge on any atom is 0.407 e. The zero-order chi connectivity index (χ0) is 16.5. The first-order valence-electron chi connectivity index (χ1n) is 7.42. The number of carbonyl (C=O) groups excluding carboxylic acids is 1. The van der Waals surface area contributed by atoms with Gasteiger partial charge in [0.15, 0.2) is 0 Å². The first-order valence-corrected chi connectivity index (χ1v) is 7.42. The lowest BCUT2D eigenvalue weighted by Crippen LogP contribution is -2.37. The number of alkyl carbamates (subject to hydrolysis) is 1. The molecule has 1 aromatic rings. The number of carbonyl (C=O) groups is 1. The molecule has 0 saturated heterocycles. The second-order valence-electron chi connectivity index (χ2n) is 6.77. The van der Waals surface area contributed by atoms with Crippen LogP contribution in [0.2, 0.25) is 0 Å². The van der Waals surface area contributed by atoms with Crippen molar-refractivity contribution in [3.05, 3.63) is 23.8 Å². The number of hydrogen-bond acceptors (Lipinski definition) is 5. The average Bonchev–Trinajstić information content (AvgIpc) is 3.02. The molecule has 0 heterocycles. The van der Waals surface area contributed by atoms with Gasteiger partial charge < -0.3 is 25.6 Å². The highest BCUT2D eigenvalue weighted by Crippen LogP contribution is 2.29.